The van der Waals surface area contributed by atoms with Crippen LogP contribution >= 0.6 is 11.6 Å². The fourth-order valence-corrected chi connectivity index (χ4v) is 3.08. The van der Waals surface area contributed by atoms with Crippen LogP contribution in [-0.2, 0) is 16.0 Å². The van der Waals surface area contributed by atoms with Gasteiger partial charge in [0.1, 0.15) is 11.4 Å². The van der Waals surface area contributed by atoms with Gasteiger partial charge in [0.15, 0.2) is 0 Å². The molecular formula is C19H20ClN3O5. The number of benzene rings is 1. The summed E-state index contributed by atoms with van der Waals surface area (Å²) < 4.78 is 5.26. The lowest BCUT2D eigenvalue weighted by Crippen LogP contribution is -2.52. The molecule has 1 aromatic carbocycles. The van der Waals surface area contributed by atoms with Crippen molar-refractivity contribution in [3.8, 4) is 5.75 Å². The lowest BCUT2D eigenvalue weighted by atomic mass is 10.00. The molecule has 2 amide bonds. The number of carbonyl (C=O) groups is 2. The molecule has 1 aliphatic heterocycles. The van der Waals surface area contributed by atoms with Crippen LogP contribution in [0.2, 0.25) is 5.02 Å². The third-order valence-electron chi connectivity index (χ3n) is 4.45. The van der Waals surface area contributed by atoms with Crippen molar-refractivity contribution in [2.75, 3.05) is 25.1 Å². The first-order valence-electron chi connectivity index (χ1n) is 8.65. The molecule has 1 aromatic heterocycles. The molecule has 0 radical (unpaired) electrons. The van der Waals surface area contributed by atoms with Gasteiger partial charge in [-0.2, -0.15) is 0 Å². The molecule has 1 saturated heterocycles. The van der Waals surface area contributed by atoms with Gasteiger partial charge in [-0.25, -0.2) is 0 Å². The van der Waals surface area contributed by atoms with Gasteiger partial charge in [0.05, 0.1) is 25.2 Å². The average molecular weight is 406 g/mol. The van der Waals surface area contributed by atoms with Gasteiger partial charge in [0, 0.05) is 29.1 Å². The zero-order chi connectivity index (χ0) is 20.1. The molecular weight excluding hydrogens is 386 g/mol. The lowest BCUT2D eigenvalue weighted by molar-refractivity contribution is -0.115. The largest absolute Gasteiger partial charge is 0.508 e. The number of amides is 2. The van der Waals surface area contributed by atoms with Crippen LogP contribution in [0.5, 0.6) is 5.75 Å². The molecule has 0 unspecified atom stereocenters. The van der Waals surface area contributed by atoms with Crippen LogP contribution in [0.25, 0.3) is 0 Å². The van der Waals surface area contributed by atoms with Crippen molar-refractivity contribution < 1.29 is 24.5 Å². The minimum Gasteiger partial charge on any atom is -0.508 e. The number of aromatic nitrogens is 1. The SMILES string of the molecule is O=C(Cc1cc(Cl)ccc1O)Nc1ccnc(C(=O)N[C@]2(CO)CCOC2)c1. The molecule has 0 bridgehead atoms. The molecule has 9 heteroatoms. The molecule has 8 nitrogen and oxygen atoms in total. The summed E-state index contributed by atoms with van der Waals surface area (Å²) in [6, 6.07) is 7.45. The maximum Gasteiger partial charge on any atom is 0.270 e. The molecule has 0 spiro atoms. The minimum absolute atomic E-state index is 0.0255. The summed E-state index contributed by atoms with van der Waals surface area (Å²) in [7, 11) is 0. The first-order valence-corrected chi connectivity index (χ1v) is 9.03. The smallest absolute Gasteiger partial charge is 0.270 e. The standard InChI is InChI=1S/C19H20ClN3O5/c20-13-1-2-16(25)12(7-13)8-17(26)22-14-3-5-21-15(9-14)18(27)23-19(10-24)4-6-28-11-19/h1-3,5,7,9,24-25H,4,6,8,10-11H2,(H,23,27)(H,21,22,26)/t19-/m0/s1. The van der Waals surface area contributed by atoms with Crippen LogP contribution in [0, 0.1) is 0 Å². The molecule has 28 heavy (non-hydrogen) atoms. The third kappa shape index (κ3) is 4.78. The Kier molecular flexibility index (Phi) is 6.13. The predicted molar refractivity (Wildman–Crippen MR) is 102 cm³/mol. The number of aromatic hydroxyl groups is 1. The first-order chi connectivity index (χ1) is 13.4. The normalized spacial score (nSPS) is 18.6. The Balaban J connectivity index is 1.66. The number of phenolic OH excluding ortho intramolecular Hbond substituents is 1. The number of ether oxygens (including phenoxy) is 1. The molecule has 0 aliphatic carbocycles. The Morgan fingerprint density at radius 3 is 2.82 bits per heavy atom. The highest BCUT2D eigenvalue weighted by atomic mass is 35.5. The Morgan fingerprint density at radius 2 is 2.11 bits per heavy atom. The second-order valence-electron chi connectivity index (χ2n) is 6.62. The molecule has 1 atom stereocenters. The van der Waals surface area contributed by atoms with Gasteiger partial charge in [0.2, 0.25) is 5.91 Å². The monoisotopic (exact) mass is 405 g/mol. The van der Waals surface area contributed by atoms with Crippen LogP contribution in [-0.4, -0.2) is 52.4 Å². The number of aliphatic hydroxyl groups is 1. The van der Waals surface area contributed by atoms with Gasteiger partial charge in [0.25, 0.3) is 5.91 Å². The van der Waals surface area contributed by atoms with Crippen molar-refractivity contribution in [2.45, 2.75) is 18.4 Å². The van der Waals surface area contributed by atoms with E-state index in [9.17, 15) is 19.8 Å². The molecule has 0 saturated carbocycles. The number of halogens is 1. The topological polar surface area (TPSA) is 121 Å². The number of anilines is 1. The van der Waals surface area contributed by atoms with Gasteiger partial charge in [-0.1, -0.05) is 11.6 Å². The Hall–Kier alpha value is -2.68. The van der Waals surface area contributed by atoms with Crippen LogP contribution in [0.1, 0.15) is 22.5 Å². The van der Waals surface area contributed by atoms with E-state index in [1.54, 1.807) is 6.07 Å². The molecule has 1 fully saturated rings. The lowest BCUT2D eigenvalue weighted by Gasteiger charge is -2.26. The zero-order valence-electron chi connectivity index (χ0n) is 14.9. The van der Waals surface area contributed by atoms with E-state index >= 15 is 0 Å². The van der Waals surface area contributed by atoms with Gasteiger partial charge < -0.3 is 25.6 Å². The summed E-state index contributed by atoms with van der Waals surface area (Å²) in [6.45, 7) is 0.452. The summed E-state index contributed by atoms with van der Waals surface area (Å²) in [5.41, 5.74) is 0.0564. The zero-order valence-corrected chi connectivity index (χ0v) is 15.7. The molecule has 2 heterocycles. The molecule has 3 rings (SSSR count). The van der Waals surface area contributed by atoms with E-state index in [1.165, 1.54) is 30.5 Å². The highest BCUT2D eigenvalue weighted by molar-refractivity contribution is 6.30. The average Bonchev–Trinajstić information content (AvgIpc) is 3.14. The van der Waals surface area contributed by atoms with E-state index in [4.69, 9.17) is 16.3 Å². The second-order valence-corrected chi connectivity index (χ2v) is 7.06. The molecule has 148 valence electrons. The highest BCUT2D eigenvalue weighted by Crippen LogP contribution is 2.22. The number of aliphatic hydroxyl groups excluding tert-OH is 1. The summed E-state index contributed by atoms with van der Waals surface area (Å²) in [6.07, 6.45) is 1.83. The molecule has 1 aliphatic rings. The summed E-state index contributed by atoms with van der Waals surface area (Å²) in [4.78, 5) is 28.8. The summed E-state index contributed by atoms with van der Waals surface area (Å²) in [5, 5.41) is 25.2. The van der Waals surface area contributed by atoms with Crippen LogP contribution in [0.4, 0.5) is 5.69 Å². The van der Waals surface area contributed by atoms with Crippen molar-refractivity contribution in [3.63, 3.8) is 0 Å². The van der Waals surface area contributed by atoms with E-state index in [0.717, 1.165) is 0 Å². The van der Waals surface area contributed by atoms with Gasteiger partial charge in [-0.3, -0.25) is 14.6 Å². The minimum atomic E-state index is -0.817. The van der Waals surface area contributed by atoms with Gasteiger partial charge in [-0.05, 0) is 36.8 Å². The molecule has 2 aromatic rings. The number of nitrogens with zero attached hydrogens (tertiary/aromatic N) is 1. The quantitative estimate of drug-likeness (QED) is 0.578. The van der Waals surface area contributed by atoms with E-state index in [2.05, 4.69) is 15.6 Å². The number of hydrogen-bond donors (Lipinski definition) is 4. The van der Waals surface area contributed by atoms with Crippen LogP contribution in [0.3, 0.4) is 0 Å². The fourth-order valence-electron chi connectivity index (χ4n) is 2.88. The van der Waals surface area contributed by atoms with E-state index < -0.39 is 11.4 Å². The fraction of sp³-hybridized carbons (Fsp3) is 0.316. The Morgan fingerprint density at radius 1 is 1.29 bits per heavy atom. The highest BCUT2D eigenvalue weighted by Gasteiger charge is 2.36. The van der Waals surface area contributed by atoms with Gasteiger partial charge in [-0.15, -0.1) is 0 Å². The van der Waals surface area contributed by atoms with Crippen LogP contribution < -0.4 is 10.6 Å². The Bertz CT molecular complexity index is 884. The first kappa shape index (κ1) is 20.1. The summed E-state index contributed by atoms with van der Waals surface area (Å²) in [5.74, 6) is -0.878. The number of pyridine rings is 1. The predicted octanol–water partition coefficient (Wildman–Crippen LogP) is 1.50. The van der Waals surface area contributed by atoms with Gasteiger partial charge >= 0.3 is 0 Å². The van der Waals surface area contributed by atoms with Crippen molar-refractivity contribution >= 4 is 29.1 Å². The third-order valence-corrected chi connectivity index (χ3v) is 4.69. The van der Waals surface area contributed by atoms with Crippen molar-refractivity contribution in [3.05, 3.63) is 52.8 Å². The molecule has 4 N–H and O–H groups in total. The maximum absolute atomic E-state index is 12.5. The van der Waals surface area contributed by atoms with Crippen LogP contribution in [0.15, 0.2) is 36.5 Å². The number of rotatable bonds is 6. The Labute approximate surface area is 166 Å². The number of carbonyl (C=O) groups excluding carboxylic acids is 2. The van der Waals surface area contributed by atoms with Crippen molar-refractivity contribution in [2.24, 2.45) is 0 Å². The van der Waals surface area contributed by atoms with Crippen molar-refractivity contribution in [1.29, 1.82) is 0 Å². The number of phenols is 1. The number of nitrogens with one attached hydrogen (secondary N) is 2. The van der Waals surface area contributed by atoms with E-state index in [1.807, 2.05) is 0 Å². The summed E-state index contributed by atoms with van der Waals surface area (Å²) >= 11 is 5.89. The van der Waals surface area contributed by atoms with E-state index in [-0.39, 0.29) is 37.0 Å². The maximum atomic E-state index is 12.5. The van der Waals surface area contributed by atoms with E-state index in [0.29, 0.717) is 29.3 Å². The number of hydrogen-bond acceptors (Lipinski definition) is 6. The second kappa shape index (κ2) is 8.55. The van der Waals surface area contributed by atoms with Crippen molar-refractivity contribution in [1.82, 2.24) is 10.3 Å².